The number of aryl methyl sites for hydroxylation is 1. The standard InChI is InChI=1S/C10H12Cl2/c1-3-7-5-6-9(11)8(4-2)10(7)12/h5-6H,3-4H2,1-2H3. The van der Waals surface area contributed by atoms with Gasteiger partial charge in [0, 0.05) is 10.0 Å². The van der Waals surface area contributed by atoms with Crippen LogP contribution in [0.2, 0.25) is 10.0 Å². The van der Waals surface area contributed by atoms with Crippen LogP contribution in [0.5, 0.6) is 0 Å². The minimum atomic E-state index is 0.778. The molecule has 0 heterocycles. The van der Waals surface area contributed by atoms with Crippen LogP contribution < -0.4 is 0 Å². The van der Waals surface area contributed by atoms with E-state index in [4.69, 9.17) is 23.2 Å². The minimum absolute atomic E-state index is 0.778. The molecular weight excluding hydrogens is 191 g/mol. The van der Waals surface area contributed by atoms with Crippen LogP contribution in [-0.4, -0.2) is 0 Å². The van der Waals surface area contributed by atoms with E-state index in [1.165, 1.54) is 5.56 Å². The van der Waals surface area contributed by atoms with Gasteiger partial charge in [-0.3, -0.25) is 0 Å². The molecule has 0 bridgehead atoms. The monoisotopic (exact) mass is 202 g/mol. The highest BCUT2D eigenvalue weighted by molar-refractivity contribution is 6.36. The van der Waals surface area contributed by atoms with Crippen LogP contribution in [-0.2, 0) is 12.8 Å². The van der Waals surface area contributed by atoms with E-state index in [1.807, 2.05) is 12.1 Å². The fraction of sp³-hybridized carbons (Fsp3) is 0.400. The third-order valence-corrected chi connectivity index (χ3v) is 2.83. The lowest BCUT2D eigenvalue weighted by atomic mass is 10.1. The Hall–Kier alpha value is -0.200. The Bertz CT molecular complexity index is 279. The van der Waals surface area contributed by atoms with Crippen molar-refractivity contribution in [1.29, 1.82) is 0 Å². The minimum Gasteiger partial charge on any atom is -0.0840 e. The summed E-state index contributed by atoms with van der Waals surface area (Å²) in [5.41, 5.74) is 2.25. The van der Waals surface area contributed by atoms with Crippen molar-refractivity contribution in [2.75, 3.05) is 0 Å². The Labute approximate surface area is 83.5 Å². The summed E-state index contributed by atoms with van der Waals surface area (Å²) in [6.07, 6.45) is 1.86. The molecule has 1 aromatic carbocycles. The number of hydrogen-bond donors (Lipinski definition) is 0. The molecule has 0 aromatic heterocycles. The van der Waals surface area contributed by atoms with E-state index >= 15 is 0 Å². The molecule has 0 unspecified atom stereocenters. The molecule has 0 aliphatic rings. The maximum atomic E-state index is 6.13. The summed E-state index contributed by atoms with van der Waals surface area (Å²) in [6.45, 7) is 4.15. The van der Waals surface area contributed by atoms with Crippen LogP contribution in [0.3, 0.4) is 0 Å². The highest BCUT2D eigenvalue weighted by Crippen LogP contribution is 2.28. The molecule has 0 saturated heterocycles. The molecule has 0 aliphatic heterocycles. The SMILES string of the molecule is CCc1ccc(Cl)c(CC)c1Cl. The lowest BCUT2D eigenvalue weighted by molar-refractivity contribution is 1.09. The molecule has 2 heteroatoms. The van der Waals surface area contributed by atoms with E-state index in [9.17, 15) is 0 Å². The first-order valence-electron chi connectivity index (χ1n) is 4.16. The van der Waals surface area contributed by atoms with Gasteiger partial charge in [-0.05, 0) is 30.0 Å². The van der Waals surface area contributed by atoms with Gasteiger partial charge in [0.2, 0.25) is 0 Å². The Morgan fingerprint density at radius 2 is 1.75 bits per heavy atom. The number of rotatable bonds is 2. The zero-order valence-corrected chi connectivity index (χ0v) is 8.84. The lowest BCUT2D eigenvalue weighted by Gasteiger charge is -2.07. The molecule has 1 rings (SSSR count). The van der Waals surface area contributed by atoms with Crippen molar-refractivity contribution in [3.05, 3.63) is 33.3 Å². The molecule has 0 fully saturated rings. The fourth-order valence-electron chi connectivity index (χ4n) is 1.24. The summed E-state index contributed by atoms with van der Waals surface area (Å²) >= 11 is 12.1. The second-order valence-corrected chi connectivity index (χ2v) is 3.49. The molecule has 0 aliphatic carbocycles. The van der Waals surface area contributed by atoms with Crippen molar-refractivity contribution in [3.63, 3.8) is 0 Å². The third kappa shape index (κ3) is 1.75. The normalized spacial score (nSPS) is 10.3. The van der Waals surface area contributed by atoms with Gasteiger partial charge in [0.15, 0.2) is 0 Å². The second-order valence-electron chi connectivity index (χ2n) is 2.71. The van der Waals surface area contributed by atoms with Crippen molar-refractivity contribution < 1.29 is 0 Å². The number of benzene rings is 1. The van der Waals surface area contributed by atoms with E-state index in [-0.39, 0.29) is 0 Å². The summed E-state index contributed by atoms with van der Waals surface area (Å²) < 4.78 is 0. The highest BCUT2D eigenvalue weighted by atomic mass is 35.5. The molecule has 0 saturated carbocycles. The van der Waals surface area contributed by atoms with Crippen LogP contribution in [0.4, 0.5) is 0 Å². The van der Waals surface area contributed by atoms with E-state index in [2.05, 4.69) is 13.8 Å². The van der Waals surface area contributed by atoms with Crippen molar-refractivity contribution >= 4 is 23.2 Å². The predicted molar refractivity (Wildman–Crippen MR) is 55.2 cm³/mol. The van der Waals surface area contributed by atoms with Gasteiger partial charge >= 0.3 is 0 Å². The molecule has 66 valence electrons. The smallest absolute Gasteiger partial charge is 0.0484 e. The van der Waals surface area contributed by atoms with E-state index in [1.54, 1.807) is 0 Å². The quantitative estimate of drug-likeness (QED) is 0.678. The first-order chi connectivity index (χ1) is 5.70. The molecule has 0 N–H and O–H groups in total. The van der Waals surface area contributed by atoms with Crippen LogP contribution in [0.25, 0.3) is 0 Å². The molecule has 12 heavy (non-hydrogen) atoms. The number of halogens is 2. The maximum Gasteiger partial charge on any atom is 0.0484 e. The molecule has 0 atom stereocenters. The number of hydrogen-bond acceptors (Lipinski definition) is 0. The lowest BCUT2D eigenvalue weighted by Crippen LogP contribution is -1.90. The van der Waals surface area contributed by atoms with Crippen molar-refractivity contribution in [1.82, 2.24) is 0 Å². The van der Waals surface area contributed by atoms with E-state index < -0.39 is 0 Å². The molecule has 0 spiro atoms. The topological polar surface area (TPSA) is 0 Å². The Morgan fingerprint density at radius 1 is 1.08 bits per heavy atom. The van der Waals surface area contributed by atoms with Crippen molar-refractivity contribution in [2.24, 2.45) is 0 Å². The molecule has 0 nitrogen and oxygen atoms in total. The summed E-state index contributed by atoms with van der Waals surface area (Å²) in [5, 5.41) is 1.62. The average molecular weight is 203 g/mol. The van der Waals surface area contributed by atoms with Gasteiger partial charge in [0.1, 0.15) is 0 Å². The fourth-order valence-corrected chi connectivity index (χ4v) is 2.01. The maximum absolute atomic E-state index is 6.13. The largest absolute Gasteiger partial charge is 0.0840 e. The van der Waals surface area contributed by atoms with Gasteiger partial charge in [0.05, 0.1) is 0 Å². The predicted octanol–water partition coefficient (Wildman–Crippen LogP) is 4.12. The Balaban J connectivity index is 3.24. The zero-order chi connectivity index (χ0) is 9.14. The van der Waals surface area contributed by atoms with Crippen LogP contribution in [0.15, 0.2) is 12.1 Å². The van der Waals surface area contributed by atoms with Gasteiger partial charge < -0.3 is 0 Å². The van der Waals surface area contributed by atoms with Crippen molar-refractivity contribution in [2.45, 2.75) is 26.7 Å². The first kappa shape index (κ1) is 9.88. The van der Waals surface area contributed by atoms with Gasteiger partial charge in [-0.1, -0.05) is 43.1 Å². The van der Waals surface area contributed by atoms with Crippen LogP contribution in [0, 0.1) is 0 Å². The van der Waals surface area contributed by atoms with Crippen molar-refractivity contribution in [3.8, 4) is 0 Å². The average Bonchev–Trinajstić information content (AvgIpc) is 2.06. The Morgan fingerprint density at radius 3 is 2.25 bits per heavy atom. The van der Waals surface area contributed by atoms with Crippen LogP contribution >= 0.6 is 23.2 Å². The third-order valence-electron chi connectivity index (χ3n) is 2.00. The second kappa shape index (κ2) is 4.15. The molecule has 0 radical (unpaired) electrons. The van der Waals surface area contributed by atoms with Gasteiger partial charge in [0.25, 0.3) is 0 Å². The molecule has 0 amide bonds. The van der Waals surface area contributed by atoms with E-state index in [0.717, 1.165) is 28.5 Å². The first-order valence-corrected chi connectivity index (χ1v) is 4.92. The summed E-state index contributed by atoms with van der Waals surface area (Å²) in [4.78, 5) is 0. The summed E-state index contributed by atoms with van der Waals surface area (Å²) in [6, 6.07) is 3.91. The van der Waals surface area contributed by atoms with Crippen LogP contribution in [0.1, 0.15) is 25.0 Å². The van der Waals surface area contributed by atoms with Gasteiger partial charge in [-0.2, -0.15) is 0 Å². The van der Waals surface area contributed by atoms with Gasteiger partial charge in [-0.15, -0.1) is 0 Å². The summed E-state index contributed by atoms with van der Waals surface area (Å²) in [7, 11) is 0. The zero-order valence-electron chi connectivity index (χ0n) is 7.32. The molecule has 1 aromatic rings. The summed E-state index contributed by atoms with van der Waals surface area (Å²) in [5.74, 6) is 0. The van der Waals surface area contributed by atoms with Gasteiger partial charge in [-0.25, -0.2) is 0 Å². The Kier molecular flexibility index (Phi) is 3.42. The van der Waals surface area contributed by atoms with E-state index in [0.29, 0.717) is 0 Å². The highest BCUT2D eigenvalue weighted by Gasteiger charge is 2.06. The molecular formula is C10H12Cl2.